The van der Waals surface area contributed by atoms with Gasteiger partial charge in [0.15, 0.2) is 0 Å². The molecule has 0 bridgehead atoms. The minimum atomic E-state index is -0.880. The smallest absolute Gasteiger partial charge is 0.248 e. The molecule has 0 aliphatic carbocycles. The fraction of sp³-hybridized carbons (Fsp3) is 0.312. The van der Waals surface area contributed by atoms with Crippen LogP contribution in [0.2, 0.25) is 0 Å². The predicted octanol–water partition coefficient (Wildman–Crippen LogP) is 0.991. The van der Waals surface area contributed by atoms with Gasteiger partial charge in [-0.05, 0) is 26.0 Å². The van der Waals surface area contributed by atoms with E-state index in [1.807, 2.05) is 28.8 Å². The van der Waals surface area contributed by atoms with E-state index >= 15 is 0 Å². The second kappa shape index (κ2) is 4.86. The fourth-order valence-corrected chi connectivity index (χ4v) is 2.88. The van der Waals surface area contributed by atoms with E-state index in [4.69, 9.17) is 11.5 Å². The van der Waals surface area contributed by atoms with Crippen molar-refractivity contribution in [2.45, 2.75) is 32.2 Å². The lowest BCUT2D eigenvalue weighted by atomic mass is 10.0. The Hall–Kier alpha value is -2.31. The highest BCUT2D eigenvalue weighted by Gasteiger charge is 2.28. The molecule has 1 atom stereocenters. The Morgan fingerprint density at radius 3 is 2.73 bits per heavy atom. The highest BCUT2D eigenvalue weighted by molar-refractivity contribution is 6.05. The van der Waals surface area contributed by atoms with E-state index in [-0.39, 0.29) is 0 Å². The van der Waals surface area contributed by atoms with Crippen LogP contribution in [0.4, 0.5) is 5.82 Å². The number of nitrogens with one attached hydrogen (secondary N) is 1. The van der Waals surface area contributed by atoms with Gasteiger partial charge in [-0.2, -0.15) is 0 Å². The molecule has 0 saturated carbocycles. The largest absolute Gasteiger partial charge is 0.389 e. The van der Waals surface area contributed by atoms with Gasteiger partial charge in [-0.25, -0.2) is 0 Å². The minimum Gasteiger partial charge on any atom is -0.389 e. The normalized spacial score (nSPS) is 17.8. The highest BCUT2D eigenvalue weighted by atomic mass is 16.3. The molecule has 1 amide bonds. The first-order valence-electron chi connectivity index (χ1n) is 7.15. The van der Waals surface area contributed by atoms with Crippen LogP contribution in [0.5, 0.6) is 0 Å². The van der Waals surface area contributed by atoms with Gasteiger partial charge < -0.3 is 26.5 Å². The van der Waals surface area contributed by atoms with Crippen molar-refractivity contribution in [2.75, 3.05) is 5.32 Å². The Morgan fingerprint density at radius 2 is 2.09 bits per heavy atom. The first-order chi connectivity index (χ1) is 10.3. The van der Waals surface area contributed by atoms with Crippen LogP contribution in [0.25, 0.3) is 17.0 Å². The molecule has 6 nitrogen and oxygen atoms in total. The zero-order valence-corrected chi connectivity index (χ0v) is 12.6. The Balaban J connectivity index is 2.27. The van der Waals surface area contributed by atoms with Gasteiger partial charge in [0.25, 0.3) is 0 Å². The van der Waals surface area contributed by atoms with E-state index in [2.05, 4.69) is 5.32 Å². The number of para-hydroxylation sites is 1. The Labute approximate surface area is 128 Å². The standard InChI is InChI=1S/C16H20N4O2/c1-16(2,22)8-20-12-6-4-3-5-9(12)10-7-11(14(18)21)13(17)19-15(10)20/h3-7,13,19,22H,8,17H2,1-2H3,(H2,18,21). The van der Waals surface area contributed by atoms with Crippen LogP contribution >= 0.6 is 0 Å². The van der Waals surface area contributed by atoms with Gasteiger partial charge >= 0.3 is 0 Å². The van der Waals surface area contributed by atoms with Crippen LogP contribution in [-0.2, 0) is 11.3 Å². The maximum absolute atomic E-state index is 11.5. The van der Waals surface area contributed by atoms with Gasteiger partial charge in [-0.1, -0.05) is 18.2 Å². The average Bonchev–Trinajstić information content (AvgIpc) is 2.70. The maximum Gasteiger partial charge on any atom is 0.248 e. The monoisotopic (exact) mass is 300 g/mol. The summed E-state index contributed by atoms with van der Waals surface area (Å²) in [5.74, 6) is 0.255. The number of fused-ring (bicyclic) bond motifs is 3. The molecule has 1 aromatic heterocycles. The van der Waals surface area contributed by atoms with E-state index in [9.17, 15) is 9.90 Å². The van der Waals surface area contributed by atoms with Gasteiger partial charge in [0, 0.05) is 10.9 Å². The number of amides is 1. The van der Waals surface area contributed by atoms with Crippen molar-refractivity contribution in [3.8, 4) is 0 Å². The first kappa shape index (κ1) is 14.6. The van der Waals surface area contributed by atoms with Gasteiger partial charge in [-0.15, -0.1) is 0 Å². The molecule has 1 aromatic carbocycles. The number of primary amides is 1. The van der Waals surface area contributed by atoms with E-state index < -0.39 is 17.7 Å². The summed E-state index contributed by atoms with van der Waals surface area (Å²) in [6.45, 7) is 3.91. The van der Waals surface area contributed by atoms with E-state index in [0.717, 1.165) is 22.3 Å². The summed E-state index contributed by atoms with van der Waals surface area (Å²) in [4.78, 5) is 11.5. The number of nitrogens with zero attached hydrogens (tertiary/aromatic N) is 1. The third-order valence-electron chi connectivity index (χ3n) is 3.77. The molecule has 1 aliphatic heterocycles. The first-order valence-corrected chi connectivity index (χ1v) is 7.15. The van der Waals surface area contributed by atoms with E-state index in [1.165, 1.54) is 0 Å². The summed E-state index contributed by atoms with van der Waals surface area (Å²) in [5.41, 5.74) is 12.7. The number of hydrogen-bond acceptors (Lipinski definition) is 4. The molecule has 0 spiro atoms. The van der Waals surface area contributed by atoms with Crippen molar-refractivity contribution in [3.05, 3.63) is 35.4 Å². The molecule has 1 aliphatic rings. The Bertz CT molecular complexity index is 783. The molecule has 22 heavy (non-hydrogen) atoms. The van der Waals surface area contributed by atoms with E-state index in [0.29, 0.717) is 12.1 Å². The summed E-state index contributed by atoms with van der Waals surface area (Å²) in [6, 6.07) is 7.82. The molecular weight excluding hydrogens is 280 g/mol. The third kappa shape index (κ3) is 2.36. The Kier molecular flexibility index (Phi) is 3.23. The average molecular weight is 300 g/mol. The predicted molar refractivity (Wildman–Crippen MR) is 87.0 cm³/mol. The molecule has 0 saturated heterocycles. The summed E-state index contributed by atoms with van der Waals surface area (Å²) in [7, 11) is 0. The zero-order valence-electron chi connectivity index (χ0n) is 12.6. The van der Waals surface area contributed by atoms with Crippen LogP contribution in [0, 0.1) is 0 Å². The summed E-state index contributed by atoms with van der Waals surface area (Å²) in [6.07, 6.45) is 1.08. The molecule has 1 unspecified atom stereocenters. The van der Waals surface area contributed by atoms with Crippen molar-refractivity contribution in [3.63, 3.8) is 0 Å². The van der Waals surface area contributed by atoms with Crippen LogP contribution < -0.4 is 16.8 Å². The molecule has 0 radical (unpaired) electrons. The van der Waals surface area contributed by atoms with Crippen LogP contribution in [0.1, 0.15) is 19.4 Å². The number of carbonyl (C=O) groups excluding carboxylic acids is 1. The highest BCUT2D eigenvalue weighted by Crippen LogP contribution is 2.36. The van der Waals surface area contributed by atoms with Crippen molar-refractivity contribution >= 4 is 28.7 Å². The summed E-state index contributed by atoms with van der Waals surface area (Å²) in [5, 5.41) is 14.3. The topological polar surface area (TPSA) is 106 Å². The number of aromatic nitrogens is 1. The molecule has 6 N–H and O–H groups in total. The van der Waals surface area contributed by atoms with Crippen LogP contribution in [0.15, 0.2) is 29.8 Å². The van der Waals surface area contributed by atoms with Gasteiger partial charge in [0.2, 0.25) is 5.91 Å². The number of aliphatic hydroxyl groups is 1. The molecule has 0 fully saturated rings. The number of anilines is 1. The number of hydrogen-bond donors (Lipinski definition) is 4. The lowest BCUT2D eigenvalue weighted by molar-refractivity contribution is -0.114. The van der Waals surface area contributed by atoms with Gasteiger partial charge in [0.05, 0.1) is 23.2 Å². The lowest BCUT2D eigenvalue weighted by Crippen LogP contribution is -2.40. The zero-order chi connectivity index (χ0) is 16.1. The van der Waals surface area contributed by atoms with Crippen molar-refractivity contribution in [1.29, 1.82) is 0 Å². The number of benzene rings is 1. The SMILES string of the molecule is CC(C)(O)Cn1c2c(c3ccccc31)C=C(C(N)=O)C(N)N2. The summed E-state index contributed by atoms with van der Waals surface area (Å²) < 4.78 is 1.98. The number of nitrogens with two attached hydrogens (primary N) is 2. The second-order valence-corrected chi connectivity index (χ2v) is 6.26. The second-order valence-electron chi connectivity index (χ2n) is 6.26. The molecule has 3 rings (SSSR count). The van der Waals surface area contributed by atoms with Crippen LogP contribution in [-0.4, -0.2) is 27.3 Å². The number of carbonyl (C=O) groups is 1. The fourth-order valence-electron chi connectivity index (χ4n) is 2.88. The van der Waals surface area contributed by atoms with E-state index in [1.54, 1.807) is 19.9 Å². The molecular formula is C16H20N4O2. The molecule has 6 heteroatoms. The van der Waals surface area contributed by atoms with Crippen molar-refractivity contribution in [1.82, 2.24) is 4.57 Å². The van der Waals surface area contributed by atoms with Gasteiger partial charge in [0.1, 0.15) is 12.0 Å². The molecule has 2 aromatic rings. The number of rotatable bonds is 3. The third-order valence-corrected chi connectivity index (χ3v) is 3.77. The van der Waals surface area contributed by atoms with Gasteiger partial charge in [-0.3, -0.25) is 4.79 Å². The summed E-state index contributed by atoms with van der Waals surface area (Å²) >= 11 is 0. The molecule has 2 heterocycles. The van der Waals surface area contributed by atoms with Crippen molar-refractivity contribution in [2.24, 2.45) is 11.5 Å². The quantitative estimate of drug-likeness (QED) is 0.678. The van der Waals surface area contributed by atoms with Crippen LogP contribution in [0.3, 0.4) is 0 Å². The van der Waals surface area contributed by atoms with Crippen molar-refractivity contribution < 1.29 is 9.90 Å². The lowest BCUT2D eigenvalue weighted by Gasteiger charge is -2.26. The molecule has 116 valence electrons. The maximum atomic E-state index is 11.5. The Morgan fingerprint density at radius 1 is 1.41 bits per heavy atom. The minimum absolute atomic E-state index is 0.346.